The fourth-order valence-corrected chi connectivity index (χ4v) is 3.18. The Morgan fingerprint density at radius 2 is 1.92 bits per heavy atom. The lowest BCUT2D eigenvalue weighted by atomic mass is 10.1. The van der Waals surface area contributed by atoms with Gasteiger partial charge in [0.1, 0.15) is 6.10 Å². The molecular weight excluding hydrogens is 362 g/mol. The summed E-state index contributed by atoms with van der Waals surface area (Å²) < 4.78 is 1.09. The van der Waals surface area contributed by atoms with Crippen molar-refractivity contribution in [1.82, 2.24) is 10.6 Å². The number of hydrogen-bond donors (Lipinski definition) is 4. The van der Waals surface area contributed by atoms with Gasteiger partial charge in [0.15, 0.2) is 0 Å². The Hall–Kier alpha value is -1.67. The second-order valence-electron chi connectivity index (χ2n) is 5.99. The molecule has 0 fully saturated rings. The van der Waals surface area contributed by atoms with E-state index in [9.17, 15) is 14.7 Å². The van der Waals surface area contributed by atoms with Crippen LogP contribution in [0.1, 0.15) is 24.8 Å². The van der Waals surface area contributed by atoms with E-state index in [-0.39, 0.29) is 43.2 Å². The Kier molecular flexibility index (Phi) is 8.31. The number of aliphatic hydroxyl groups excluding tert-OH is 1. The lowest BCUT2D eigenvalue weighted by molar-refractivity contribution is -0.127. The molecule has 6 nitrogen and oxygen atoms in total. The summed E-state index contributed by atoms with van der Waals surface area (Å²) in [5, 5.41) is 16.4. The third kappa shape index (κ3) is 5.97. The molecule has 0 bridgehead atoms. The second-order valence-corrected chi connectivity index (χ2v) is 7.11. The highest BCUT2D eigenvalue weighted by atomic mass is 35.5. The summed E-state index contributed by atoms with van der Waals surface area (Å²) >= 11 is 1.49. The van der Waals surface area contributed by atoms with Crippen LogP contribution in [-0.4, -0.2) is 36.1 Å². The Morgan fingerprint density at radius 3 is 2.56 bits per heavy atom. The molecule has 1 aromatic carbocycles. The average molecular weight is 386 g/mol. The maximum atomic E-state index is 11.8. The molecule has 0 saturated heterocycles. The first-order valence-corrected chi connectivity index (χ1v) is 8.66. The molecule has 2 aromatic rings. The van der Waals surface area contributed by atoms with Gasteiger partial charge >= 0.3 is 0 Å². The number of carbonyl (C=O) groups excluding carboxylic acids is 2. The van der Waals surface area contributed by atoms with Crippen molar-refractivity contribution >= 4 is 45.6 Å². The lowest BCUT2D eigenvalue weighted by Crippen LogP contribution is -2.47. The maximum absolute atomic E-state index is 11.8. The molecule has 138 valence electrons. The zero-order chi connectivity index (χ0) is 17.7. The topological polar surface area (TPSA) is 104 Å². The van der Waals surface area contributed by atoms with E-state index in [1.807, 2.05) is 44.2 Å². The van der Waals surface area contributed by atoms with Crippen molar-refractivity contribution in [3.63, 3.8) is 0 Å². The van der Waals surface area contributed by atoms with Crippen molar-refractivity contribution in [2.24, 2.45) is 11.7 Å². The minimum atomic E-state index is -0.778. The number of halogens is 1. The van der Waals surface area contributed by atoms with Gasteiger partial charge < -0.3 is 21.5 Å². The van der Waals surface area contributed by atoms with Crippen LogP contribution in [0.3, 0.4) is 0 Å². The van der Waals surface area contributed by atoms with E-state index >= 15 is 0 Å². The Balaban J connectivity index is 0.00000312. The van der Waals surface area contributed by atoms with Gasteiger partial charge in [0.2, 0.25) is 11.8 Å². The average Bonchev–Trinajstić information content (AvgIpc) is 3.00. The standard InChI is InChI=1S/C17H23N3O3S.ClH/c1-10(2)16(18)17(23)20-9-15(22)19-8-12(21)14-7-11-5-3-4-6-13(11)24-14;/h3-7,10,12,16,21H,8-9,18H2,1-2H3,(H,19,22)(H,20,23);1H/t12?,16-;/m0./s1. The molecule has 1 unspecified atom stereocenters. The van der Waals surface area contributed by atoms with Gasteiger partial charge in [-0.05, 0) is 23.4 Å². The number of thiophene rings is 1. The smallest absolute Gasteiger partial charge is 0.239 e. The molecule has 0 radical (unpaired) electrons. The maximum Gasteiger partial charge on any atom is 0.239 e. The van der Waals surface area contributed by atoms with Crippen LogP contribution >= 0.6 is 23.7 Å². The van der Waals surface area contributed by atoms with Crippen LogP contribution in [0.5, 0.6) is 0 Å². The summed E-state index contributed by atoms with van der Waals surface area (Å²) in [5.41, 5.74) is 5.70. The summed E-state index contributed by atoms with van der Waals surface area (Å²) in [6.45, 7) is 3.62. The van der Waals surface area contributed by atoms with Gasteiger partial charge in [-0.15, -0.1) is 23.7 Å². The van der Waals surface area contributed by atoms with E-state index in [2.05, 4.69) is 10.6 Å². The molecule has 0 aliphatic carbocycles. The molecule has 1 aromatic heterocycles. The fraction of sp³-hybridized carbons (Fsp3) is 0.412. The minimum Gasteiger partial charge on any atom is -0.386 e. The summed E-state index contributed by atoms with van der Waals surface area (Å²) in [6, 6.07) is 9.14. The van der Waals surface area contributed by atoms with Crippen molar-refractivity contribution in [1.29, 1.82) is 0 Å². The molecule has 2 atom stereocenters. The second kappa shape index (κ2) is 9.72. The zero-order valence-electron chi connectivity index (χ0n) is 14.2. The number of carbonyl (C=O) groups is 2. The molecule has 2 rings (SSSR count). The van der Waals surface area contributed by atoms with Crippen LogP contribution in [0.4, 0.5) is 0 Å². The van der Waals surface area contributed by atoms with E-state index in [4.69, 9.17) is 5.73 Å². The van der Waals surface area contributed by atoms with Gasteiger partial charge in [-0.2, -0.15) is 0 Å². The molecule has 5 N–H and O–H groups in total. The van der Waals surface area contributed by atoms with Crippen LogP contribution in [-0.2, 0) is 9.59 Å². The first-order valence-electron chi connectivity index (χ1n) is 7.85. The SMILES string of the molecule is CC(C)[C@H](N)C(=O)NCC(=O)NCC(O)c1cc2ccccc2s1.Cl. The van der Waals surface area contributed by atoms with E-state index in [1.165, 1.54) is 11.3 Å². The first kappa shape index (κ1) is 21.4. The lowest BCUT2D eigenvalue weighted by Gasteiger charge is -2.15. The normalized spacial score (nSPS) is 13.2. The third-order valence-electron chi connectivity index (χ3n) is 3.71. The Labute approximate surface area is 157 Å². The van der Waals surface area contributed by atoms with E-state index in [1.54, 1.807) is 0 Å². The highest BCUT2D eigenvalue weighted by molar-refractivity contribution is 7.19. The van der Waals surface area contributed by atoms with Crippen LogP contribution < -0.4 is 16.4 Å². The van der Waals surface area contributed by atoms with Crippen LogP contribution in [0.2, 0.25) is 0 Å². The highest BCUT2D eigenvalue weighted by Gasteiger charge is 2.18. The number of hydrogen-bond acceptors (Lipinski definition) is 5. The summed E-state index contributed by atoms with van der Waals surface area (Å²) in [4.78, 5) is 24.3. The van der Waals surface area contributed by atoms with E-state index < -0.39 is 12.1 Å². The molecule has 0 aliphatic rings. The van der Waals surface area contributed by atoms with Crippen molar-refractivity contribution in [2.75, 3.05) is 13.1 Å². The molecule has 0 saturated carbocycles. The minimum absolute atomic E-state index is 0. The number of benzene rings is 1. The van der Waals surface area contributed by atoms with Crippen molar-refractivity contribution in [3.8, 4) is 0 Å². The van der Waals surface area contributed by atoms with Gasteiger partial charge in [0.05, 0.1) is 12.6 Å². The molecule has 25 heavy (non-hydrogen) atoms. The van der Waals surface area contributed by atoms with Gasteiger partial charge in [0, 0.05) is 16.1 Å². The van der Waals surface area contributed by atoms with Gasteiger partial charge in [-0.3, -0.25) is 9.59 Å². The predicted molar refractivity (Wildman–Crippen MR) is 103 cm³/mol. The number of nitrogens with two attached hydrogens (primary N) is 1. The number of aliphatic hydroxyl groups is 1. The Morgan fingerprint density at radius 1 is 1.24 bits per heavy atom. The quantitative estimate of drug-likeness (QED) is 0.580. The molecule has 0 spiro atoms. The van der Waals surface area contributed by atoms with Gasteiger partial charge in [-0.25, -0.2) is 0 Å². The van der Waals surface area contributed by atoms with E-state index in [0.29, 0.717) is 0 Å². The predicted octanol–water partition coefficient (Wildman–Crippen LogP) is 1.57. The van der Waals surface area contributed by atoms with Crippen molar-refractivity contribution in [2.45, 2.75) is 26.0 Å². The molecule has 1 heterocycles. The number of amides is 2. The number of rotatable bonds is 7. The van der Waals surface area contributed by atoms with Gasteiger partial charge in [0.25, 0.3) is 0 Å². The Bertz CT molecular complexity index is 687. The zero-order valence-corrected chi connectivity index (χ0v) is 15.8. The number of nitrogens with one attached hydrogen (secondary N) is 2. The third-order valence-corrected chi connectivity index (χ3v) is 4.93. The van der Waals surface area contributed by atoms with Crippen molar-refractivity contribution < 1.29 is 14.7 Å². The summed E-state index contributed by atoms with van der Waals surface area (Å²) in [5.74, 6) is -0.715. The molecule has 0 aliphatic heterocycles. The summed E-state index contributed by atoms with van der Waals surface area (Å²) in [6.07, 6.45) is -0.778. The van der Waals surface area contributed by atoms with E-state index in [0.717, 1.165) is 15.0 Å². The van der Waals surface area contributed by atoms with Gasteiger partial charge in [-0.1, -0.05) is 32.0 Å². The first-order chi connectivity index (χ1) is 11.4. The molecular formula is C17H24ClN3O3S. The number of fused-ring (bicyclic) bond motifs is 1. The van der Waals surface area contributed by atoms with Crippen molar-refractivity contribution in [3.05, 3.63) is 35.2 Å². The molecule has 8 heteroatoms. The summed E-state index contributed by atoms with van der Waals surface area (Å²) in [7, 11) is 0. The largest absolute Gasteiger partial charge is 0.386 e. The molecule has 2 amide bonds. The van der Waals surface area contributed by atoms with Crippen LogP contribution in [0.15, 0.2) is 30.3 Å². The highest BCUT2D eigenvalue weighted by Crippen LogP contribution is 2.29. The van der Waals surface area contributed by atoms with Crippen LogP contribution in [0, 0.1) is 5.92 Å². The fourth-order valence-electron chi connectivity index (χ4n) is 2.13. The van der Waals surface area contributed by atoms with Crippen LogP contribution in [0.25, 0.3) is 10.1 Å². The monoisotopic (exact) mass is 385 g/mol.